The first-order valence-corrected chi connectivity index (χ1v) is 7.50. The van der Waals surface area contributed by atoms with Crippen LogP contribution in [0.25, 0.3) is 0 Å². The van der Waals surface area contributed by atoms with E-state index in [2.05, 4.69) is 19.9 Å². The molecule has 0 aliphatic carbocycles. The van der Waals surface area contributed by atoms with Crippen LogP contribution in [0.4, 0.5) is 0 Å². The van der Waals surface area contributed by atoms with E-state index in [0.29, 0.717) is 11.7 Å². The highest BCUT2D eigenvalue weighted by Crippen LogP contribution is 2.26. The van der Waals surface area contributed by atoms with Gasteiger partial charge in [-0.25, -0.2) is 0 Å². The zero-order chi connectivity index (χ0) is 12.3. The number of Topliss-reactive ketones (excluding diaryl/α,β-unsaturated/α-hetero) is 1. The molecule has 1 heterocycles. The monoisotopic (exact) mass is 248 g/mol. The average Bonchev–Trinajstić information content (AvgIpc) is 2.34. The van der Waals surface area contributed by atoms with E-state index < -0.39 is 0 Å². The molecule has 0 aromatic heterocycles. The molecule has 0 unspecified atom stereocenters. The van der Waals surface area contributed by atoms with Crippen molar-refractivity contribution in [2.24, 2.45) is 5.92 Å². The molecule has 2 heteroatoms. The smallest absolute Gasteiger partial charge is 0.163 e. The second kappa shape index (κ2) is 5.72. The Morgan fingerprint density at radius 3 is 2.59 bits per heavy atom. The topological polar surface area (TPSA) is 17.1 Å². The van der Waals surface area contributed by atoms with Crippen LogP contribution >= 0.6 is 11.8 Å². The standard InChI is InChI=1S/C15H20OS/c1-11-3-4-14(9-12(11)2)15(16)10-13-5-7-17-8-6-13/h3-4,9,13H,5-8,10H2,1-2H3. The minimum Gasteiger partial charge on any atom is -0.294 e. The predicted molar refractivity (Wildman–Crippen MR) is 74.9 cm³/mol. The number of benzene rings is 1. The summed E-state index contributed by atoms with van der Waals surface area (Å²) < 4.78 is 0. The lowest BCUT2D eigenvalue weighted by atomic mass is 9.92. The van der Waals surface area contributed by atoms with Gasteiger partial charge in [-0.3, -0.25) is 4.79 Å². The molecule has 1 aliphatic heterocycles. The third-order valence-electron chi connectivity index (χ3n) is 3.64. The van der Waals surface area contributed by atoms with Gasteiger partial charge in [-0.1, -0.05) is 12.1 Å². The molecular formula is C15H20OS. The van der Waals surface area contributed by atoms with Crippen LogP contribution in [-0.4, -0.2) is 17.3 Å². The fourth-order valence-electron chi connectivity index (χ4n) is 2.25. The van der Waals surface area contributed by atoms with Crippen molar-refractivity contribution in [1.82, 2.24) is 0 Å². The quantitative estimate of drug-likeness (QED) is 0.752. The van der Waals surface area contributed by atoms with E-state index in [-0.39, 0.29) is 0 Å². The Hall–Kier alpha value is -0.760. The third kappa shape index (κ3) is 3.35. The molecule has 1 nitrogen and oxygen atoms in total. The Bertz CT molecular complexity index is 405. The number of aryl methyl sites for hydroxylation is 2. The zero-order valence-corrected chi connectivity index (χ0v) is 11.5. The van der Waals surface area contributed by atoms with Crippen LogP contribution in [0.2, 0.25) is 0 Å². The van der Waals surface area contributed by atoms with E-state index in [1.54, 1.807) is 0 Å². The summed E-state index contributed by atoms with van der Waals surface area (Å²) in [7, 11) is 0. The lowest BCUT2D eigenvalue weighted by molar-refractivity contribution is 0.0958. The van der Waals surface area contributed by atoms with Gasteiger partial charge in [-0.15, -0.1) is 0 Å². The van der Waals surface area contributed by atoms with Gasteiger partial charge in [-0.2, -0.15) is 11.8 Å². The van der Waals surface area contributed by atoms with Gasteiger partial charge in [0.25, 0.3) is 0 Å². The van der Waals surface area contributed by atoms with Crippen LogP contribution in [0.1, 0.15) is 40.7 Å². The van der Waals surface area contributed by atoms with E-state index >= 15 is 0 Å². The maximum absolute atomic E-state index is 12.2. The first-order chi connectivity index (χ1) is 8.16. The van der Waals surface area contributed by atoms with Crippen molar-refractivity contribution < 1.29 is 4.79 Å². The molecule has 2 rings (SSSR count). The maximum atomic E-state index is 12.2. The minimum absolute atomic E-state index is 0.324. The van der Waals surface area contributed by atoms with Crippen molar-refractivity contribution >= 4 is 17.5 Å². The van der Waals surface area contributed by atoms with E-state index in [9.17, 15) is 4.79 Å². The molecule has 1 fully saturated rings. The van der Waals surface area contributed by atoms with Gasteiger partial charge < -0.3 is 0 Å². The van der Waals surface area contributed by atoms with Crippen molar-refractivity contribution in [2.75, 3.05) is 11.5 Å². The van der Waals surface area contributed by atoms with Crippen molar-refractivity contribution in [3.63, 3.8) is 0 Å². The summed E-state index contributed by atoms with van der Waals surface area (Å²) in [5.74, 6) is 3.39. The van der Waals surface area contributed by atoms with E-state index in [0.717, 1.165) is 12.0 Å². The molecule has 0 amide bonds. The van der Waals surface area contributed by atoms with E-state index in [4.69, 9.17) is 0 Å². The third-order valence-corrected chi connectivity index (χ3v) is 4.69. The average molecular weight is 248 g/mol. The van der Waals surface area contributed by atoms with Crippen LogP contribution in [0.5, 0.6) is 0 Å². The number of hydrogen-bond acceptors (Lipinski definition) is 2. The van der Waals surface area contributed by atoms with Gasteiger partial charge in [0.15, 0.2) is 5.78 Å². The molecule has 0 radical (unpaired) electrons. The number of carbonyl (C=O) groups is 1. The molecule has 0 atom stereocenters. The van der Waals surface area contributed by atoms with Gasteiger partial charge in [0.1, 0.15) is 0 Å². The molecule has 92 valence electrons. The Labute approximate surface area is 108 Å². The normalized spacial score (nSPS) is 17.1. The summed E-state index contributed by atoms with van der Waals surface area (Å²) in [5, 5.41) is 0. The fraction of sp³-hybridized carbons (Fsp3) is 0.533. The van der Waals surface area contributed by atoms with E-state index in [1.165, 1.54) is 35.5 Å². The SMILES string of the molecule is Cc1ccc(C(=O)CC2CCSCC2)cc1C. The van der Waals surface area contributed by atoms with Crippen LogP contribution in [0, 0.1) is 19.8 Å². The Kier molecular flexibility index (Phi) is 4.27. The van der Waals surface area contributed by atoms with Crippen LogP contribution in [-0.2, 0) is 0 Å². The van der Waals surface area contributed by atoms with Gasteiger partial charge in [0, 0.05) is 12.0 Å². The highest BCUT2D eigenvalue weighted by atomic mass is 32.2. The molecule has 0 bridgehead atoms. The number of ketones is 1. The summed E-state index contributed by atoms with van der Waals surface area (Å²) in [5.41, 5.74) is 3.37. The molecule has 0 spiro atoms. The molecule has 1 saturated heterocycles. The van der Waals surface area contributed by atoms with Gasteiger partial charge in [-0.05, 0) is 61.3 Å². The maximum Gasteiger partial charge on any atom is 0.163 e. The van der Waals surface area contributed by atoms with Crippen molar-refractivity contribution in [1.29, 1.82) is 0 Å². The van der Waals surface area contributed by atoms with E-state index in [1.807, 2.05) is 23.9 Å². The summed E-state index contributed by atoms with van der Waals surface area (Å²) in [6, 6.07) is 6.07. The van der Waals surface area contributed by atoms with Crippen LogP contribution in [0.3, 0.4) is 0 Å². The summed E-state index contributed by atoms with van der Waals surface area (Å²) in [6.45, 7) is 4.16. The lowest BCUT2D eigenvalue weighted by Gasteiger charge is -2.20. The Morgan fingerprint density at radius 2 is 1.94 bits per heavy atom. The molecule has 17 heavy (non-hydrogen) atoms. The lowest BCUT2D eigenvalue weighted by Crippen LogP contribution is -2.14. The predicted octanol–water partition coefficient (Wildman–Crippen LogP) is 4.02. The molecule has 0 saturated carbocycles. The summed E-state index contributed by atoms with van der Waals surface area (Å²) in [6.07, 6.45) is 3.16. The molecule has 0 N–H and O–H groups in total. The van der Waals surface area contributed by atoms with Crippen molar-refractivity contribution in [3.05, 3.63) is 34.9 Å². The van der Waals surface area contributed by atoms with Gasteiger partial charge >= 0.3 is 0 Å². The first-order valence-electron chi connectivity index (χ1n) is 6.35. The highest BCUT2D eigenvalue weighted by Gasteiger charge is 2.18. The number of carbonyl (C=O) groups excluding carboxylic acids is 1. The minimum atomic E-state index is 0.324. The van der Waals surface area contributed by atoms with Crippen LogP contribution in [0.15, 0.2) is 18.2 Å². The first kappa shape index (κ1) is 12.7. The second-order valence-corrected chi connectivity index (χ2v) is 6.21. The second-order valence-electron chi connectivity index (χ2n) is 4.98. The molecular weight excluding hydrogens is 228 g/mol. The molecule has 1 aliphatic rings. The Balaban J connectivity index is 2.01. The van der Waals surface area contributed by atoms with Crippen LogP contribution < -0.4 is 0 Å². The van der Waals surface area contributed by atoms with Crippen molar-refractivity contribution in [2.45, 2.75) is 33.1 Å². The molecule has 1 aromatic carbocycles. The van der Waals surface area contributed by atoms with Gasteiger partial charge in [0.2, 0.25) is 0 Å². The number of thioether (sulfide) groups is 1. The molecule has 1 aromatic rings. The Morgan fingerprint density at radius 1 is 1.24 bits per heavy atom. The zero-order valence-electron chi connectivity index (χ0n) is 10.7. The number of rotatable bonds is 3. The number of hydrogen-bond donors (Lipinski definition) is 0. The summed E-state index contributed by atoms with van der Waals surface area (Å²) in [4.78, 5) is 12.2. The largest absolute Gasteiger partial charge is 0.294 e. The summed E-state index contributed by atoms with van der Waals surface area (Å²) >= 11 is 2.01. The highest BCUT2D eigenvalue weighted by molar-refractivity contribution is 7.99. The fourth-order valence-corrected chi connectivity index (χ4v) is 3.45. The van der Waals surface area contributed by atoms with Crippen molar-refractivity contribution in [3.8, 4) is 0 Å². The van der Waals surface area contributed by atoms with Gasteiger partial charge in [0.05, 0.1) is 0 Å².